The minimum atomic E-state index is -0.0170. The van der Waals surface area contributed by atoms with Gasteiger partial charge in [0, 0.05) is 12.6 Å². The van der Waals surface area contributed by atoms with Gasteiger partial charge in [-0.1, -0.05) is 26.2 Å². The number of nitrogens with zero attached hydrogens (tertiary/aromatic N) is 1. The number of unbranched alkanes of at least 4 members (excludes halogenated alkanes) is 1. The van der Waals surface area contributed by atoms with E-state index < -0.39 is 0 Å². The highest BCUT2D eigenvalue weighted by Gasteiger charge is 2.32. The van der Waals surface area contributed by atoms with Crippen LogP contribution in [0.25, 0.3) is 0 Å². The van der Waals surface area contributed by atoms with E-state index in [-0.39, 0.29) is 6.10 Å². The summed E-state index contributed by atoms with van der Waals surface area (Å²) in [4.78, 5) is 2.66. The molecule has 0 amide bonds. The molecule has 0 aromatic carbocycles. The lowest BCUT2D eigenvalue weighted by molar-refractivity contribution is 0.0443. The van der Waals surface area contributed by atoms with E-state index in [0.29, 0.717) is 5.92 Å². The molecular formula is C14H27NO. The highest BCUT2D eigenvalue weighted by Crippen LogP contribution is 2.31. The SMILES string of the molecule is CCCCN(CC1CCCCC1O)C1CC1. The predicted octanol–water partition coefficient (Wildman–Crippen LogP) is 2.80. The maximum Gasteiger partial charge on any atom is 0.0580 e. The molecule has 1 N–H and O–H groups in total. The molecule has 0 radical (unpaired) electrons. The van der Waals surface area contributed by atoms with Crippen LogP contribution in [0.5, 0.6) is 0 Å². The molecule has 2 unspecified atom stereocenters. The van der Waals surface area contributed by atoms with E-state index in [2.05, 4.69) is 11.8 Å². The van der Waals surface area contributed by atoms with Crippen molar-refractivity contribution in [3.05, 3.63) is 0 Å². The Morgan fingerprint density at radius 2 is 1.88 bits per heavy atom. The smallest absolute Gasteiger partial charge is 0.0580 e. The molecule has 2 nitrogen and oxygen atoms in total. The second-order valence-corrected chi connectivity index (χ2v) is 5.69. The first-order valence-electron chi connectivity index (χ1n) is 7.23. The molecule has 2 aliphatic carbocycles. The van der Waals surface area contributed by atoms with Gasteiger partial charge in [-0.25, -0.2) is 0 Å². The molecule has 2 rings (SSSR count). The summed E-state index contributed by atoms with van der Waals surface area (Å²) in [5, 5.41) is 10.0. The Labute approximate surface area is 100 Å². The largest absolute Gasteiger partial charge is 0.393 e. The summed E-state index contributed by atoms with van der Waals surface area (Å²) < 4.78 is 0. The number of rotatable bonds is 6. The van der Waals surface area contributed by atoms with Crippen LogP contribution in [0, 0.1) is 5.92 Å². The van der Waals surface area contributed by atoms with Crippen LogP contribution in [0.4, 0.5) is 0 Å². The Kier molecular flexibility index (Phi) is 4.66. The highest BCUT2D eigenvalue weighted by molar-refractivity contribution is 4.87. The van der Waals surface area contributed by atoms with Crippen LogP contribution >= 0.6 is 0 Å². The monoisotopic (exact) mass is 225 g/mol. The van der Waals surface area contributed by atoms with Crippen molar-refractivity contribution in [1.82, 2.24) is 4.90 Å². The van der Waals surface area contributed by atoms with Crippen molar-refractivity contribution in [1.29, 1.82) is 0 Å². The molecule has 2 atom stereocenters. The third kappa shape index (κ3) is 3.46. The summed E-state index contributed by atoms with van der Waals surface area (Å²) in [6, 6.07) is 0.862. The van der Waals surface area contributed by atoms with E-state index in [0.717, 1.165) is 19.0 Å². The van der Waals surface area contributed by atoms with Gasteiger partial charge in [-0.05, 0) is 44.6 Å². The number of aliphatic hydroxyl groups is 1. The van der Waals surface area contributed by atoms with Gasteiger partial charge in [-0.2, -0.15) is 0 Å². The van der Waals surface area contributed by atoms with Crippen molar-refractivity contribution in [2.24, 2.45) is 5.92 Å². The lowest BCUT2D eigenvalue weighted by atomic mass is 9.86. The van der Waals surface area contributed by atoms with Gasteiger partial charge in [0.1, 0.15) is 0 Å². The summed E-state index contributed by atoms with van der Waals surface area (Å²) in [7, 11) is 0. The van der Waals surface area contributed by atoms with Crippen LogP contribution in [-0.2, 0) is 0 Å². The molecule has 2 heteroatoms. The highest BCUT2D eigenvalue weighted by atomic mass is 16.3. The summed E-state index contributed by atoms with van der Waals surface area (Å²) in [5.74, 6) is 0.561. The fraction of sp³-hybridized carbons (Fsp3) is 1.00. The Balaban J connectivity index is 1.78. The Bertz CT molecular complexity index is 203. The van der Waals surface area contributed by atoms with E-state index in [1.807, 2.05) is 0 Å². The number of aliphatic hydroxyl groups excluding tert-OH is 1. The summed E-state index contributed by atoms with van der Waals surface area (Å²) >= 11 is 0. The van der Waals surface area contributed by atoms with Crippen molar-refractivity contribution in [2.45, 2.75) is 70.4 Å². The van der Waals surface area contributed by atoms with Crippen LogP contribution in [0.2, 0.25) is 0 Å². The predicted molar refractivity (Wildman–Crippen MR) is 67.5 cm³/mol. The Morgan fingerprint density at radius 3 is 2.50 bits per heavy atom. The first-order chi connectivity index (χ1) is 7.81. The van der Waals surface area contributed by atoms with Crippen molar-refractivity contribution in [3.63, 3.8) is 0 Å². The van der Waals surface area contributed by atoms with Crippen LogP contribution in [0.1, 0.15) is 58.3 Å². The van der Waals surface area contributed by atoms with Gasteiger partial charge in [-0.3, -0.25) is 0 Å². The quantitative estimate of drug-likeness (QED) is 0.751. The summed E-state index contributed by atoms with van der Waals surface area (Å²) in [6.07, 6.45) is 10.2. The van der Waals surface area contributed by atoms with Gasteiger partial charge in [0.25, 0.3) is 0 Å². The van der Waals surface area contributed by atoms with Crippen LogP contribution in [0.3, 0.4) is 0 Å². The van der Waals surface area contributed by atoms with Gasteiger partial charge in [0.05, 0.1) is 6.10 Å². The van der Waals surface area contributed by atoms with Crippen molar-refractivity contribution >= 4 is 0 Å². The zero-order valence-electron chi connectivity index (χ0n) is 10.7. The zero-order chi connectivity index (χ0) is 11.4. The van der Waals surface area contributed by atoms with E-state index in [4.69, 9.17) is 0 Å². The van der Waals surface area contributed by atoms with Crippen LogP contribution in [-0.4, -0.2) is 35.2 Å². The minimum absolute atomic E-state index is 0.0170. The molecule has 2 aliphatic rings. The van der Waals surface area contributed by atoms with Gasteiger partial charge in [0.15, 0.2) is 0 Å². The van der Waals surface area contributed by atoms with Crippen molar-refractivity contribution in [3.8, 4) is 0 Å². The van der Waals surface area contributed by atoms with Gasteiger partial charge < -0.3 is 10.0 Å². The molecular weight excluding hydrogens is 198 g/mol. The maximum atomic E-state index is 10.0. The first-order valence-corrected chi connectivity index (χ1v) is 7.23. The van der Waals surface area contributed by atoms with E-state index in [9.17, 15) is 5.11 Å². The third-order valence-electron chi connectivity index (χ3n) is 4.20. The molecule has 0 bridgehead atoms. The molecule has 0 aromatic heterocycles. The second kappa shape index (κ2) is 6.02. The van der Waals surface area contributed by atoms with Gasteiger partial charge in [-0.15, -0.1) is 0 Å². The molecule has 0 saturated heterocycles. The topological polar surface area (TPSA) is 23.5 Å². The van der Waals surface area contributed by atoms with Gasteiger partial charge in [0.2, 0.25) is 0 Å². The van der Waals surface area contributed by atoms with Gasteiger partial charge >= 0.3 is 0 Å². The zero-order valence-corrected chi connectivity index (χ0v) is 10.7. The minimum Gasteiger partial charge on any atom is -0.393 e. The fourth-order valence-corrected chi connectivity index (χ4v) is 2.93. The maximum absolute atomic E-state index is 10.0. The molecule has 0 heterocycles. The average molecular weight is 225 g/mol. The van der Waals surface area contributed by atoms with Crippen molar-refractivity contribution < 1.29 is 5.11 Å². The Hall–Kier alpha value is -0.0800. The van der Waals surface area contributed by atoms with E-state index >= 15 is 0 Å². The lowest BCUT2D eigenvalue weighted by Gasteiger charge is -2.33. The number of hydrogen-bond acceptors (Lipinski definition) is 2. The fourth-order valence-electron chi connectivity index (χ4n) is 2.93. The molecule has 0 aliphatic heterocycles. The lowest BCUT2D eigenvalue weighted by Crippen LogP contribution is -2.38. The van der Waals surface area contributed by atoms with Crippen LogP contribution in [0.15, 0.2) is 0 Å². The molecule has 16 heavy (non-hydrogen) atoms. The molecule has 2 saturated carbocycles. The summed E-state index contributed by atoms with van der Waals surface area (Å²) in [5.41, 5.74) is 0. The molecule has 2 fully saturated rings. The molecule has 94 valence electrons. The standard InChI is InChI=1S/C14H27NO/c1-2-3-10-15(13-8-9-13)11-12-6-4-5-7-14(12)16/h12-14,16H,2-11H2,1H3. The van der Waals surface area contributed by atoms with E-state index in [1.54, 1.807) is 0 Å². The number of hydrogen-bond donors (Lipinski definition) is 1. The first kappa shape index (κ1) is 12.4. The molecule has 0 aromatic rings. The summed E-state index contributed by atoms with van der Waals surface area (Å²) in [6.45, 7) is 4.68. The molecule has 0 spiro atoms. The average Bonchev–Trinajstić information content (AvgIpc) is 3.10. The second-order valence-electron chi connectivity index (χ2n) is 5.69. The van der Waals surface area contributed by atoms with Crippen molar-refractivity contribution in [2.75, 3.05) is 13.1 Å². The van der Waals surface area contributed by atoms with E-state index in [1.165, 1.54) is 51.5 Å². The van der Waals surface area contributed by atoms with Crippen LogP contribution < -0.4 is 0 Å². The normalized spacial score (nSPS) is 30.9. The Morgan fingerprint density at radius 1 is 1.12 bits per heavy atom. The third-order valence-corrected chi connectivity index (χ3v) is 4.20.